The molecule has 0 radical (unpaired) electrons. The highest BCUT2D eigenvalue weighted by atomic mass is 32.2. The molecule has 1 fully saturated rings. The molecule has 6 nitrogen and oxygen atoms in total. The van der Waals surface area contributed by atoms with Crippen molar-refractivity contribution in [3.8, 4) is 5.75 Å². The fraction of sp³-hybridized carbons (Fsp3) is 0.458. The van der Waals surface area contributed by atoms with Gasteiger partial charge in [0.2, 0.25) is 10.0 Å². The van der Waals surface area contributed by atoms with Crippen molar-refractivity contribution in [2.75, 3.05) is 25.0 Å². The average Bonchev–Trinajstić information content (AvgIpc) is 3.08. The van der Waals surface area contributed by atoms with Crippen LogP contribution in [-0.4, -0.2) is 38.3 Å². The van der Waals surface area contributed by atoms with Gasteiger partial charge in [0, 0.05) is 18.8 Å². The first-order chi connectivity index (χ1) is 15.0. The van der Waals surface area contributed by atoms with E-state index in [0.29, 0.717) is 18.8 Å². The Hall–Kier alpha value is -2.38. The van der Waals surface area contributed by atoms with Crippen LogP contribution in [0.3, 0.4) is 0 Å². The summed E-state index contributed by atoms with van der Waals surface area (Å²) in [5.74, 6) is 0.223. The van der Waals surface area contributed by atoms with Crippen LogP contribution in [0.15, 0.2) is 47.4 Å². The second-order valence-corrected chi connectivity index (χ2v) is 9.72. The highest BCUT2D eigenvalue weighted by Gasteiger charge is 2.25. The Kier molecular flexibility index (Phi) is 8.09. The van der Waals surface area contributed by atoms with Crippen molar-refractivity contribution in [1.29, 1.82) is 0 Å². The molecule has 2 aromatic rings. The van der Waals surface area contributed by atoms with Crippen LogP contribution >= 0.6 is 0 Å². The van der Waals surface area contributed by atoms with Crippen molar-refractivity contribution in [3.05, 3.63) is 53.6 Å². The van der Waals surface area contributed by atoms with Gasteiger partial charge in [-0.15, -0.1) is 0 Å². The third-order valence-corrected chi connectivity index (χ3v) is 7.57. The van der Waals surface area contributed by atoms with Crippen molar-refractivity contribution >= 4 is 21.6 Å². The summed E-state index contributed by atoms with van der Waals surface area (Å²) in [5, 5.41) is 2.97. The van der Waals surface area contributed by atoms with Crippen LogP contribution in [0.4, 0.5) is 5.69 Å². The summed E-state index contributed by atoms with van der Waals surface area (Å²) in [4.78, 5) is 12.7. The molecule has 0 unspecified atom stereocenters. The third-order valence-electron chi connectivity index (χ3n) is 5.66. The monoisotopic (exact) mass is 444 g/mol. The zero-order valence-corrected chi connectivity index (χ0v) is 19.2. The van der Waals surface area contributed by atoms with Crippen LogP contribution in [0, 0.1) is 0 Å². The molecule has 0 spiro atoms. The van der Waals surface area contributed by atoms with Crippen molar-refractivity contribution < 1.29 is 17.9 Å². The van der Waals surface area contributed by atoms with Gasteiger partial charge in [-0.1, -0.05) is 44.9 Å². The van der Waals surface area contributed by atoms with E-state index in [9.17, 15) is 13.2 Å². The van der Waals surface area contributed by atoms with E-state index in [1.165, 1.54) is 0 Å². The number of hydrogen-bond donors (Lipinski definition) is 1. The van der Waals surface area contributed by atoms with Gasteiger partial charge in [-0.2, -0.15) is 4.31 Å². The maximum Gasteiger partial charge on any atom is 0.262 e. The number of nitrogens with one attached hydrogen (secondary N) is 1. The number of para-hydroxylation sites is 1. The number of ether oxygens (including phenoxy) is 1. The Bertz CT molecular complexity index is 957. The van der Waals surface area contributed by atoms with Crippen LogP contribution in [0.25, 0.3) is 0 Å². The van der Waals surface area contributed by atoms with E-state index in [0.717, 1.165) is 55.3 Å². The summed E-state index contributed by atoms with van der Waals surface area (Å²) in [6, 6.07) is 12.3. The Morgan fingerprint density at radius 1 is 0.935 bits per heavy atom. The van der Waals surface area contributed by atoms with Crippen molar-refractivity contribution in [2.45, 2.75) is 57.3 Å². The Morgan fingerprint density at radius 2 is 1.52 bits per heavy atom. The number of rotatable bonds is 8. The minimum Gasteiger partial charge on any atom is -0.484 e. The Balaban J connectivity index is 1.61. The molecule has 2 aromatic carbocycles. The summed E-state index contributed by atoms with van der Waals surface area (Å²) in [5.41, 5.74) is 3.05. The number of benzene rings is 2. The van der Waals surface area contributed by atoms with Gasteiger partial charge < -0.3 is 10.1 Å². The molecule has 1 heterocycles. The van der Waals surface area contributed by atoms with Gasteiger partial charge in [-0.3, -0.25) is 4.79 Å². The average molecular weight is 445 g/mol. The Morgan fingerprint density at radius 3 is 2.06 bits per heavy atom. The van der Waals surface area contributed by atoms with E-state index in [1.54, 1.807) is 28.6 Å². The van der Waals surface area contributed by atoms with Gasteiger partial charge in [-0.25, -0.2) is 8.42 Å². The molecule has 0 saturated carbocycles. The van der Waals surface area contributed by atoms with Crippen LogP contribution in [0.1, 0.15) is 50.7 Å². The minimum absolute atomic E-state index is 0.139. The van der Waals surface area contributed by atoms with E-state index in [-0.39, 0.29) is 17.4 Å². The number of sulfonamides is 1. The van der Waals surface area contributed by atoms with Crippen molar-refractivity contribution in [2.24, 2.45) is 0 Å². The first kappa shape index (κ1) is 23.3. The summed E-state index contributed by atoms with van der Waals surface area (Å²) in [6.45, 7) is 5.11. The molecule has 0 aliphatic carbocycles. The molecule has 168 valence electrons. The lowest BCUT2D eigenvalue weighted by Gasteiger charge is -2.20. The van der Waals surface area contributed by atoms with E-state index < -0.39 is 10.0 Å². The van der Waals surface area contributed by atoms with Crippen molar-refractivity contribution in [1.82, 2.24) is 4.31 Å². The quantitative estimate of drug-likeness (QED) is 0.655. The highest BCUT2D eigenvalue weighted by molar-refractivity contribution is 7.89. The number of amides is 1. The molecule has 7 heteroatoms. The lowest BCUT2D eigenvalue weighted by Crippen LogP contribution is -2.31. The number of carbonyl (C=O) groups is 1. The normalized spacial score (nSPS) is 15.3. The first-order valence-electron chi connectivity index (χ1n) is 11.1. The molecule has 1 aliphatic heterocycles. The van der Waals surface area contributed by atoms with E-state index in [1.807, 2.05) is 18.2 Å². The SMILES string of the molecule is CCc1cccc(CC)c1NC(=O)COc1ccc(S(=O)(=O)N2CCCCCC2)cc1. The summed E-state index contributed by atoms with van der Waals surface area (Å²) >= 11 is 0. The number of nitrogens with zero attached hydrogens (tertiary/aromatic N) is 1. The fourth-order valence-corrected chi connectivity index (χ4v) is 5.38. The standard InChI is InChI=1S/C24H32N2O4S/c1-3-19-10-9-11-20(4-2)24(19)25-23(27)18-30-21-12-14-22(15-13-21)31(28,29)26-16-7-5-6-8-17-26/h9-15H,3-8,16-18H2,1-2H3,(H,25,27). The summed E-state index contributed by atoms with van der Waals surface area (Å²) in [6.07, 6.45) is 5.61. The molecular weight excluding hydrogens is 412 g/mol. The van der Waals surface area contributed by atoms with Crippen LogP contribution in [0.2, 0.25) is 0 Å². The van der Waals surface area contributed by atoms with E-state index in [2.05, 4.69) is 19.2 Å². The molecule has 0 aromatic heterocycles. The number of aryl methyl sites for hydroxylation is 2. The summed E-state index contributed by atoms with van der Waals surface area (Å²) < 4.78 is 32.9. The third kappa shape index (κ3) is 5.86. The second-order valence-electron chi connectivity index (χ2n) is 7.78. The number of hydrogen-bond acceptors (Lipinski definition) is 4. The fourth-order valence-electron chi connectivity index (χ4n) is 3.87. The van der Waals surface area contributed by atoms with Gasteiger partial charge in [0.25, 0.3) is 5.91 Å². The number of anilines is 1. The largest absolute Gasteiger partial charge is 0.484 e. The van der Waals surface area contributed by atoms with Gasteiger partial charge in [0.15, 0.2) is 6.61 Å². The second kappa shape index (κ2) is 10.8. The zero-order chi connectivity index (χ0) is 22.3. The maximum atomic E-state index is 12.9. The van der Waals surface area contributed by atoms with Gasteiger partial charge in [0.1, 0.15) is 5.75 Å². The molecule has 3 rings (SSSR count). The molecule has 0 bridgehead atoms. The maximum absolute atomic E-state index is 12.9. The molecule has 31 heavy (non-hydrogen) atoms. The first-order valence-corrected chi connectivity index (χ1v) is 12.5. The molecular formula is C24H32N2O4S. The lowest BCUT2D eigenvalue weighted by molar-refractivity contribution is -0.118. The molecule has 1 N–H and O–H groups in total. The topological polar surface area (TPSA) is 75.7 Å². The van der Waals surface area contributed by atoms with Crippen LogP contribution in [0.5, 0.6) is 5.75 Å². The van der Waals surface area contributed by atoms with E-state index in [4.69, 9.17) is 4.74 Å². The minimum atomic E-state index is -3.49. The van der Waals surface area contributed by atoms with E-state index >= 15 is 0 Å². The number of carbonyl (C=O) groups excluding carboxylic acids is 1. The van der Waals surface area contributed by atoms with Crippen LogP contribution in [-0.2, 0) is 27.7 Å². The smallest absolute Gasteiger partial charge is 0.262 e. The van der Waals surface area contributed by atoms with Crippen molar-refractivity contribution in [3.63, 3.8) is 0 Å². The van der Waals surface area contributed by atoms with Gasteiger partial charge in [-0.05, 0) is 61.1 Å². The summed E-state index contributed by atoms with van der Waals surface area (Å²) in [7, 11) is -3.49. The zero-order valence-electron chi connectivity index (χ0n) is 18.4. The predicted octanol–water partition coefficient (Wildman–Crippen LogP) is 4.39. The van der Waals surface area contributed by atoms with Gasteiger partial charge >= 0.3 is 0 Å². The molecule has 0 atom stereocenters. The molecule has 1 aliphatic rings. The predicted molar refractivity (Wildman–Crippen MR) is 123 cm³/mol. The van der Waals surface area contributed by atoms with Gasteiger partial charge in [0.05, 0.1) is 4.90 Å². The lowest BCUT2D eigenvalue weighted by atomic mass is 10.0. The molecule has 1 saturated heterocycles. The highest BCUT2D eigenvalue weighted by Crippen LogP contribution is 2.24. The molecule has 1 amide bonds. The van der Waals surface area contributed by atoms with Crippen LogP contribution < -0.4 is 10.1 Å². The Labute approximate surface area is 185 Å².